The average molecular weight is 325 g/mol. The molecule has 1 atom stereocenters. The van der Waals surface area contributed by atoms with Gasteiger partial charge in [0.05, 0.1) is 16.7 Å². The Balaban J connectivity index is 1.75. The fourth-order valence-corrected chi connectivity index (χ4v) is 5.09. The molecular weight excluding hydrogens is 309 g/mol. The van der Waals surface area contributed by atoms with Gasteiger partial charge in [0.15, 0.2) is 5.88 Å². The van der Waals surface area contributed by atoms with Gasteiger partial charge in [-0.05, 0) is 36.8 Å². The quantitative estimate of drug-likeness (QED) is 0.641. The van der Waals surface area contributed by atoms with Crippen molar-refractivity contribution in [3.63, 3.8) is 0 Å². The van der Waals surface area contributed by atoms with Gasteiger partial charge in [-0.2, -0.15) is 0 Å². The predicted octanol–water partition coefficient (Wildman–Crippen LogP) is 2.78. The first-order valence-electron chi connectivity index (χ1n) is 7.61. The molecule has 2 aliphatic heterocycles. The SMILES string of the molecule is O=C1C[C@H]2CC=C(OP(=O)(c3ccccc3)c3ccccc3)N12. The Hall–Kier alpha value is -2.32. The molecule has 5 heteroatoms. The van der Waals surface area contributed by atoms with Crippen LogP contribution in [-0.2, 0) is 13.9 Å². The molecular formula is C18H16NO3P. The Morgan fingerprint density at radius 1 is 0.957 bits per heavy atom. The molecule has 0 aliphatic carbocycles. The minimum atomic E-state index is -3.29. The zero-order valence-electron chi connectivity index (χ0n) is 12.5. The van der Waals surface area contributed by atoms with Crippen LogP contribution in [0.1, 0.15) is 12.8 Å². The zero-order chi connectivity index (χ0) is 15.9. The van der Waals surface area contributed by atoms with Crippen LogP contribution < -0.4 is 10.6 Å². The summed E-state index contributed by atoms with van der Waals surface area (Å²) in [5, 5.41) is 1.26. The van der Waals surface area contributed by atoms with Crippen molar-refractivity contribution in [2.24, 2.45) is 0 Å². The Labute approximate surface area is 134 Å². The highest BCUT2D eigenvalue weighted by Crippen LogP contribution is 2.50. The molecule has 0 spiro atoms. The number of nitrogens with zero attached hydrogens (tertiary/aromatic N) is 1. The van der Waals surface area contributed by atoms with E-state index in [4.69, 9.17) is 4.52 Å². The molecule has 2 heterocycles. The normalized spacial score (nSPS) is 19.8. The molecule has 0 aromatic heterocycles. The van der Waals surface area contributed by atoms with Crippen LogP contribution in [0.2, 0.25) is 0 Å². The second-order valence-corrected chi connectivity index (χ2v) is 8.03. The van der Waals surface area contributed by atoms with E-state index in [1.807, 2.05) is 42.5 Å². The topological polar surface area (TPSA) is 46.6 Å². The molecule has 2 aromatic rings. The van der Waals surface area contributed by atoms with E-state index < -0.39 is 7.37 Å². The molecule has 4 nitrogen and oxygen atoms in total. The molecule has 23 heavy (non-hydrogen) atoms. The van der Waals surface area contributed by atoms with Crippen molar-refractivity contribution >= 4 is 23.9 Å². The Morgan fingerprint density at radius 3 is 2.04 bits per heavy atom. The first-order valence-corrected chi connectivity index (χ1v) is 9.24. The maximum absolute atomic E-state index is 13.8. The molecule has 116 valence electrons. The minimum absolute atomic E-state index is 0.0337. The second kappa shape index (κ2) is 5.39. The van der Waals surface area contributed by atoms with Gasteiger partial charge in [0, 0.05) is 6.42 Å². The van der Waals surface area contributed by atoms with E-state index in [1.54, 1.807) is 29.2 Å². The van der Waals surface area contributed by atoms with E-state index in [1.165, 1.54) is 0 Å². The van der Waals surface area contributed by atoms with E-state index in [0.717, 1.165) is 6.42 Å². The first kappa shape index (κ1) is 14.3. The summed E-state index contributed by atoms with van der Waals surface area (Å²) < 4.78 is 19.8. The number of carbonyl (C=O) groups excluding carboxylic acids is 1. The molecule has 1 saturated heterocycles. The molecule has 0 radical (unpaired) electrons. The number of benzene rings is 2. The highest BCUT2D eigenvalue weighted by molar-refractivity contribution is 7.74. The summed E-state index contributed by atoms with van der Waals surface area (Å²) >= 11 is 0. The van der Waals surface area contributed by atoms with Gasteiger partial charge < -0.3 is 4.52 Å². The van der Waals surface area contributed by atoms with Gasteiger partial charge in [-0.1, -0.05) is 36.4 Å². The van der Waals surface area contributed by atoms with Crippen molar-refractivity contribution in [3.8, 4) is 0 Å². The molecule has 0 unspecified atom stereocenters. The van der Waals surface area contributed by atoms with E-state index in [-0.39, 0.29) is 11.9 Å². The summed E-state index contributed by atoms with van der Waals surface area (Å²) in [7, 11) is -3.29. The smallest absolute Gasteiger partial charge is 0.307 e. The monoisotopic (exact) mass is 325 g/mol. The number of carbonyl (C=O) groups is 1. The lowest BCUT2D eigenvalue weighted by molar-refractivity contribution is -0.143. The van der Waals surface area contributed by atoms with Gasteiger partial charge in [0.2, 0.25) is 5.91 Å². The number of amides is 1. The summed E-state index contributed by atoms with van der Waals surface area (Å²) in [6, 6.07) is 18.5. The van der Waals surface area contributed by atoms with E-state index in [2.05, 4.69) is 0 Å². The largest absolute Gasteiger partial charge is 0.421 e. The van der Waals surface area contributed by atoms with Crippen molar-refractivity contribution in [1.29, 1.82) is 0 Å². The third-order valence-corrected chi connectivity index (χ3v) is 6.66. The van der Waals surface area contributed by atoms with Crippen molar-refractivity contribution < 1.29 is 13.9 Å². The predicted molar refractivity (Wildman–Crippen MR) is 88.8 cm³/mol. The number of β-lactam (4-membered cyclic amide) rings is 1. The van der Waals surface area contributed by atoms with Crippen LogP contribution in [-0.4, -0.2) is 16.8 Å². The molecule has 2 aliphatic rings. The van der Waals surface area contributed by atoms with Crippen LogP contribution in [0, 0.1) is 0 Å². The molecule has 1 fully saturated rings. The number of fused-ring (bicyclic) bond motifs is 1. The molecule has 2 aromatic carbocycles. The number of hydrogen-bond acceptors (Lipinski definition) is 3. The summed E-state index contributed by atoms with van der Waals surface area (Å²) in [6.07, 6.45) is 3.18. The van der Waals surface area contributed by atoms with Gasteiger partial charge in [-0.15, -0.1) is 0 Å². The fraction of sp³-hybridized carbons (Fsp3) is 0.167. The molecule has 0 saturated carbocycles. The number of hydrogen-bond donors (Lipinski definition) is 0. The van der Waals surface area contributed by atoms with Crippen molar-refractivity contribution in [2.75, 3.05) is 0 Å². The summed E-state index contributed by atoms with van der Waals surface area (Å²) in [4.78, 5) is 13.4. The van der Waals surface area contributed by atoms with Gasteiger partial charge in [0.25, 0.3) is 0 Å². The Kier molecular flexibility index (Phi) is 3.35. The maximum Gasteiger partial charge on any atom is 0.307 e. The summed E-state index contributed by atoms with van der Waals surface area (Å²) in [5.74, 6) is 0.466. The number of rotatable bonds is 4. The van der Waals surface area contributed by atoms with Crippen LogP contribution in [0.3, 0.4) is 0 Å². The van der Waals surface area contributed by atoms with Crippen LogP contribution >= 0.6 is 7.37 Å². The lowest BCUT2D eigenvalue weighted by Crippen LogP contribution is -2.48. The third-order valence-electron chi connectivity index (χ3n) is 4.26. The molecule has 4 rings (SSSR count). The zero-order valence-corrected chi connectivity index (χ0v) is 13.4. The lowest BCUT2D eigenvalue weighted by Gasteiger charge is -2.37. The summed E-state index contributed by atoms with van der Waals surface area (Å²) in [6.45, 7) is 0. The summed E-state index contributed by atoms with van der Waals surface area (Å²) in [5.41, 5.74) is 0. The van der Waals surface area contributed by atoms with Crippen molar-refractivity contribution in [3.05, 3.63) is 72.6 Å². The Morgan fingerprint density at radius 2 is 1.52 bits per heavy atom. The highest BCUT2D eigenvalue weighted by atomic mass is 31.2. The van der Waals surface area contributed by atoms with E-state index in [0.29, 0.717) is 22.9 Å². The maximum atomic E-state index is 13.8. The molecule has 0 N–H and O–H groups in total. The van der Waals surface area contributed by atoms with Crippen LogP contribution in [0.25, 0.3) is 0 Å². The highest BCUT2D eigenvalue weighted by Gasteiger charge is 2.45. The molecule has 1 amide bonds. The fourth-order valence-electron chi connectivity index (χ4n) is 3.03. The van der Waals surface area contributed by atoms with Gasteiger partial charge >= 0.3 is 7.37 Å². The second-order valence-electron chi connectivity index (χ2n) is 5.71. The standard InChI is InChI=1S/C18H16NO3P/c20-17-13-14-11-12-18(19(14)17)22-23(21,15-7-3-1-4-8-15)16-9-5-2-6-10-16/h1-10,12,14H,11,13H2/t14-/m1/s1. The first-order chi connectivity index (χ1) is 11.2. The van der Waals surface area contributed by atoms with Crippen molar-refractivity contribution in [1.82, 2.24) is 4.90 Å². The van der Waals surface area contributed by atoms with Gasteiger partial charge in [0.1, 0.15) is 0 Å². The van der Waals surface area contributed by atoms with E-state index in [9.17, 15) is 9.36 Å². The minimum Gasteiger partial charge on any atom is -0.421 e. The van der Waals surface area contributed by atoms with Crippen molar-refractivity contribution in [2.45, 2.75) is 18.9 Å². The van der Waals surface area contributed by atoms with E-state index >= 15 is 0 Å². The van der Waals surface area contributed by atoms with Gasteiger partial charge in [-0.25, -0.2) is 0 Å². The average Bonchev–Trinajstić information content (AvgIpc) is 2.91. The molecule has 0 bridgehead atoms. The Bertz CT molecular complexity index is 773. The van der Waals surface area contributed by atoms with Gasteiger partial charge in [-0.3, -0.25) is 14.3 Å². The third kappa shape index (κ3) is 2.30. The van der Waals surface area contributed by atoms with Crippen LogP contribution in [0.15, 0.2) is 72.6 Å². The van der Waals surface area contributed by atoms with Crippen LogP contribution in [0.4, 0.5) is 0 Å². The van der Waals surface area contributed by atoms with Crippen LogP contribution in [0.5, 0.6) is 0 Å². The lowest BCUT2D eigenvalue weighted by atomic mass is 10.0.